The molecule has 0 saturated carbocycles. The Labute approximate surface area is 212 Å². The van der Waals surface area contributed by atoms with Crippen LogP contribution in [0.3, 0.4) is 0 Å². The molecule has 37 heavy (non-hydrogen) atoms. The number of halogens is 3. The van der Waals surface area contributed by atoms with Crippen molar-refractivity contribution in [3.63, 3.8) is 0 Å². The van der Waals surface area contributed by atoms with Gasteiger partial charge in [-0.1, -0.05) is 0 Å². The van der Waals surface area contributed by atoms with Crippen molar-refractivity contribution in [3.05, 3.63) is 59.2 Å². The smallest absolute Gasteiger partial charge is 0.416 e. The van der Waals surface area contributed by atoms with Crippen molar-refractivity contribution in [2.24, 2.45) is 4.99 Å². The van der Waals surface area contributed by atoms with Gasteiger partial charge in [-0.3, -0.25) is 4.99 Å². The molecule has 3 rings (SSSR count). The number of rotatable bonds is 11. The van der Waals surface area contributed by atoms with Crippen LogP contribution in [0.15, 0.2) is 47.3 Å². The second-order valence-electron chi connectivity index (χ2n) is 7.87. The lowest BCUT2D eigenvalue weighted by molar-refractivity contribution is -0.137. The predicted octanol–water partition coefficient (Wildman–Crippen LogP) is 4.32. The van der Waals surface area contributed by atoms with E-state index in [-0.39, 0.29) is 25.4 Å². The van der Waals surface area contributed by atoms with Crippen molar-refractivity contribution >= 4 is 28.6 Å². The van der Waals surface area contributed by atoms with Gasteiger partial charge in [0.05, 0.1) is 24.4 Å². The Kier molecular flexibility index (Phi) is 8.99. The van der Waals surface area contributed by atoms with Gasteiger partial charge in [-0.05, 0) is 36.8 Å². The predicted molar refractivity (Wildman–Crippen MR) is 137 cm³/mol. The fourth-order valence-corrected chi connectivity index (χ4v) is 3.53. The average molecular weight is 519 g/mol. The molecule has 1 aromatic heterocycles. The van der Waals surface area contributed by atoms with Gasteiger partial charge >= 0.3 is 6.18 Å². The summed E-state index contributed by atoms with van der Waals surface area (Å²) in [5.41, 5.74) is 5.85. The number of anilines is 2. The van der Waals surface area contributed by atoms with E-state index < -0.39 is 11.7 Å². The van der Waals surface area contributed by atoms with E-state index >= 15 is 0 Å². The highest BCUT2D eigenvalue weighted by Crippen LogP contribution is 2.35. The molecular weight excluding hydrogens is 489 g/mol. The number of benzene rings is 2. The van der Waals surface area contributed by atoms with Gasteiger partial charge < -0.3 is 30.6 Å². The molecule has 0 unspecified atom stereocenters. The summed E-state index contributed by atoms with van der Waals surface area (Å²) in [6, 6.07) is 6.87. The van der Waals surface area contributed by atoms with Crippen LogP contribution in [0.2, 0.25) is 0 Å². The number of methoxy groups -OCH3 is 1. The lowest BCUT2D eigenvalue weighted by atomic mass is 10.1. The van der Waals surface area contributed by atoms with Gasteiger partial charge in [-0.15, -0.1) is 0 Å². The second kappa shape index (κ2) is 12.2. The number of nitrogens with zero attached hydrogens (tertiary/aromatic N) is 3. The molecule has 12 heteroatoms. The van der Waals surface area contributed by atoms with Crippen LogP contribution < -0.4 is 25.8 Å². The normalized spacial score (nSPS) is 12.1. The second-order valence-corrected chi connectivity index (χ2v) is 7.87. The lowest BCUT2D eigenvalue weighted by Crippen LogP contribution is -2.10. The molecule has 198 valence electrons. The molecule has 0 saturated heterocycles. The first kappa shape index (κ1) is 27.4. The Morgan fingerprint density at radius 3 is 2.57 bits per heavy atom. The standard InChI is InChI=1S/C25H29F3N6O3/c1-15-33-21-11-22(35-4)23(37-6-5-36-19(13-30-2)14-31-3)10-20(21)24(34-15)32-12-16-7-17(25(26,27)28)9-18(29)8-16/h7-11,13-14,30H,5-6,12,29H2,1-4H3,(H,32,33,34)/b19-13+,31-14-. The maximum Gasteiger partial charge on any atom is 0.416 e. The number of aliphatic imine (C=N–C) groups is 1. The van der Waals surface area contributed by atoms with Crippen LogP contribution in [0.25, 0.3) is 10.9 Å². The van der Waals surface area contributed by atoms with Crippen molar-refractivity contribution in [1.29, 1.82) is 0 Å². The average Bonchev–Trinajstić information content (AvgIpc) is 2.84. The molecule has 2 aromatic carbocycles. The summed E-state index contributed by atoms with van der Waals surface area (Å²) in [4.78, 5) is 12.8. The molecule has 0 spiro atoms. The Morgan fingerprint density at radius 2 is 1.89 bits per heavy atom. The largest absolute Gasteiger partial charge is 0.493 e. The first-order valence-electron chi connectivity index (χ1n) is 11.3. The summed E-state index contributed by atoms with van der Waals surface area (Å²) in [5.74, 6) is 2.35. The molecule has 1 heterocycles. The summed E-state index contributed by atoms with van der Waals surface area (Å²) in [6.07, 6.45) is -1.26. The third-order valence-electron chi connectivity index (χ3n) is 5.05. The van der Waals surface area contributed by atoms with E-state index in [0.29, 0.717) is 45.4 Å². The van der Waals surface area contributed by atoms with Gasteiger partial charge in [0.1, 0.15) is 24.9 Å². The monoisotopic (exact) mass is 518 g/mol. The Balaban J connectivity index is 1.83. The molecule has 4 N–H and O–H groups in total. The van der Waals surface area contributed by atoms with Gasteiger partial charge in [0.25, 0.3) is 0 Å². The summed E-state index contributed by atoms with van der Waals surface area (Å²) in [5, 5.41) is 6.58. The van der Waals surface area contributed by atoms with Crippen LogP contribution >= 0.6 is 0 Å². The molecule has 0 amide bonds. The number of alkyl halides is 3. The zero-order valence-corrected chi connectivity index (χ0v) is 20.9. The molecule has 0 bridgehead atoms. The summed E-state index contributed by atoms with van der Waals surface area (Å²) >= 11 is 0. The number of nitrogen functional groups attached to an aromatic ring is 1. The number of aryl methyl sites for hydroxylation is 1. The molecule has 0 aliphatic rings. The SMILES string of the molecule is C/N=C\C(=C/NC)OCCOc1cc2c(NCc3cc(N)cc(C(F)(F)F)c3)nc(C)nc2cc1OC. The van der Waals surface area contributed by atoms with E-state index in [0.717, 1.165) is 12.1 Å². The number of hydrogen-bond donors (Lipinski definition) is 3. The van der Waals surface area contributed by atoms with E-state index in [4.69, 9.17) is 19.9 Å². The van der Waals surface area contributed by atoms with E-state index in [1.165, 1.54) is 13.2 Å². The van der Waals surface area contributed by atoms with E-state index in [1.54, 1.807) is 45.6 Å². The third kappa shape index (κ3) is 7.38. The minimum Gasteiger partial charge on any atom is -0.493 e. The minimum atomic E-state index is -4.50. The highest BCUT2D eigenvalue weighted by molar-refractivity contribution is 5.91. The van der Waals surface area contributed by atoms with Crippen LogP contribution in [0.1, 0.15) is 17.0 Å². The van der Waals surface area contributed by atoms with Crippen LogP contribution in [-0.4, -0.2) is 50.6 Å². The molecule has 0 radical (unpaired) electrons. The Morgan fingerprint density at radius 1 is 1.11 bits per heavy atom. The first-order valence-corrected chi connectivity index (χ1v) is 11.3. The fraction of sp³-hybridized carbons (Fsp3) is 0.320. The number of allylic oxidation sites excluding steroid dienone is 1. The molecular formula is C25H29F3N6O3. The van der Waals surface area contributed by atoms with E-state index in [9.17, 15) is 13.2 Å². The van der Waals surface area contributed by atoms with E-state index in [2.05, 4.69) is 25.6 Å². The minimum absolute atomic E-state index is 0.0240. The third-order valence-corrected chi connectivity index (χ3v) is 5.05. The number of ether oxygens (including phenoxy) is 3. The zero-order valence-electron chi connectivity index (χ0n) is 20.9. The fourth-order valence-electron chi connectivity index (χ4n) is 3.53. The number of aromatic nitrogens is 2. The highest BCUT2D eigenvalue weighted by Gasteiger charge is 2.31. The number of nitrogens with one attached hydrogen (secondary N) is 2. The van der Waals surface area contributed by atoms with Crippen molar-refractivity contribution in [1.82, 2.24) is 15.3 Å². The number of nitrogens with two attached hydrogens (primary N) is 1. The maximum atomic E-state index is 13.2. The Bertz CT molecular complexity index is 1290. The summed E-state index contributed by atoms with van der Waals surface area (Å²) in [6.45, 7) is 2.24. The quantitative estimate of drug-likeness (QED) is 0.149. The molecule has 0 fully saturated rings. The maximum absolute atomic E-state index is 13.2. The van der Waals surface area contributed by atoms with Gasteiger partial charge in [0.15, 0.2) is 17.3 Å². The van der Waals surface area contributed by atoms with Gasteiger partial charge in [-0.2, -0.15) is 13.2 Å². The molecule has 9 nitrogen and oxygen atoms in total. The van der Waals surface area contributed by atoms with Crippen molar-refractivity contribution in [2.75, 3.05) is 45.5 Å². The van der Waals surface area contributed by atoms with Crippen LogP contribution in [0, 0.1) is 6.92 Å². The van der Waals surface area contributed by atoms with Gasteiger partial charge in [0, 0.05) is 44.0 Å². The molecule has 3 aromatic rings. The number of hydrogen-bond acceptors (Lipinski definition) is 9. The van der Waals surface area contributed by atoms with Gasteiger partial charge in [0.2, 0.25) is 0 Å². The summed E-state index contributed by atoms with van der Waals surface area (Å²) in [7, 11) is 4.91. The molecule has 0 aliphatic heterocycles. The van der Waals surface area contributed by atoms with Crippen molar-refractivity contribution in [2.45, 2.75) is 19.6 Å². The topological polar surface area (TPSA) is 116 Å². The Hall–Kier alpha value is -4.22. The zero-order chi connectivity index (χ0) is 27.0. The summed E-state index contributed by atoms with van der Waals surface area (Å²) < 4.78 is 56.6. The van der Waals surface area contributed by atoms with Crippen LogP contribution in [0.4, 0.5) is 24.7 Å². The molecule has 0 atom stereocenters. The van der Waals surface area contributed by atoms with Crippen LogP contribution in [-0.2, 0) is 17.5 Å². The van der Waals surface area contributed by atoms with Gasteiger partial charge in [-0.25, -0.2) is 9.97 Å². The molecule has 0 aliphatic carbocycles. The number of fused-ring (bicyclic) bond motifs is 1. The van der Waals surface area contributed by atoms with Crippen molar-refractivity contribution in [3.8, 4) is 11.5 Å². The lowest BCUT2D eigenvalue weighted by Gasteiger charge is -2.15. The van der Waals surface area contributed by atoms with Crippen LogP contribution in [0.5, 0.6) is 11.5 Å². The highest BCUT2D eigenvalue weighted by atomic mass is 19.4. The van der Waals surface area contributed by atoms with E-state index in [1.807, 2.05) is 0 Å². The van der Waals surface area contributed by atoms with Crippen molar-refractivity contribution < 1.29 is 27.4 Å². The first-order chi connectivity index (χ1) is 17.6.